The second-order valence-electron chi connectivity index (χ2n) is 19.2. The Kier molecular flexibility index (Phi) is 36.7. The maximum Gasteiger partial charge on any atom is 0.336 e. The van der Waals surface area contributed by atoms with Crippen molar-refractivity contribution in [2.75, 3.05) is 79.3 Å². The molecule has 0 radical (unpaired) electrons. The van der Waals surface area contributed by atoms with Crippen molar-refractivity contribution in [2.45, 2.75) is 97.8 Å². The molecular formula is C70H86O19. The predicted molar refractivity (Wildman–Crippen MR) is 339 cm³/mol. The van der Waals surface area contributed by atoms with Crippen molar-refractivity contribution in [1.29, 1.82) is 0 Å². The highest BCUT2D eigenvalue weighted by atomic mass is 17.2. The Morgan fingerprint density at radius 2 is 0.685 bits per heavy atom. The molecular weight excluding hydrogens is 1140 g/mol. The van der Waals surface area contributed by atoms with Gasteiger partial charge in [0.25, 0.3) is 0 Å². The van der Waals surface area contributed by atoms with Crippen LogP contribution < -0.4 is 37.9 Å². The van der Waals surface area contributed by atoms with Crippen LogP contribution in [0.5, 0.6) is 46.0 Å². The highest BCUT2D eigenvalue weighted by molar-refractivity contribution is 5.93. The monoisotopic (exact) mass is 1230 g/mol. The van der Waals surface area contributed by atoms with Crippen LogP contribution in [-0.4, -0.2) is 91.2 Å². The average Bonchev–Trinajstić information content (AvgIpc) is 2.41. The largest absolute Gasteiger partial charge is 0.502 e. The number of esters is 2. The van der Waals surface area contributed by atoms with E-state index >= 15 is 0 Å². The third-order valence-electron chi connectivity index (χ3n) is 12.2. The van der Waals surface area contributed by atoms with E-state index in [1.165, 1.54) is 30.9 Å². The third-order valence-corrected chi connectivity index (χ3v) is 12.2. The Morgan fingerprint density at radius 3 is 1.01 bits per heavy atom. The van der Waals surface area contributed by atoms with Gasteiger partial charge in [-0.25, -0.2) is 9.59 Å². The fourth-order valence-electron chi connectivity index (χ4n) is 7.57. The number of carbonyl (C=O) groups is 2. The smallest absolute Gasteiger partial charge is 0.336 e. The van der Waals surface area contributed by atoms with Crippen molar-refractivity contribution < 1.29 is 91.0 Å². The summed E-state index contributed by atoms with van der Waals surface area (Å²) in [4.78, 5) is 58.0. The van der Waals surface area contributed by atoms with Crippen molar-refractivity contribution in [2.24, 2.45) is 0 Å². The summed E-state index contributed by atoms with van der Waals surface area (Å²) >= 11 is 0. The minimum Gasteiger partial charge on any atom is -0.502 e. The number of allylic oxidation sites excluding steroid dienone is 3. The quantitative estimate of drug-likeness (QED) is 0.00592. The van der Waals surface area contributed by atoms with E-state index in [9.17, 15) is 9.59 Å². The normalized spacial score (nSPS) is 10.6. The van der Waals surface area contributed by atoms with Crippen molar-refractivity contribution in [3.05, 3.63) is 177 Å². The summed E-state index contributed by atoms with van der Waals surface area (Å²) in [5, 5.41) is 1.45. The first-order valence-corrected chi connectivity index (χ1v) is 29.6. The number of unbranched alkanes of at least 4 members (excludes halogenated alkanes) is 6. The van der Waals surface area contributed by atoms with Crippen LogP contribution in [0.2, 0.25) is 0 Å². The lowest BCUT2D eigenvalue weighted by molar-refractivity contribution is -0.261. The van der Waals surface area contributed by atoms with Crippen LogP contribution in [0, 0.1) is 0 Å². The van der Waals surface area contributed by atoms with E-state index in [4.69, 9.17) is 81.4 Å². The first-order valence-electron chi connectivity index (χ1n) is 29.6. The van der Waals surface area contributed by atoms with Crippen LogP contribution in [0.4, 0.5) is 0 Å². The van der Waals surface area contributed by atoms with Gasteiger partial charge < -0.3 is 66.8 Å². The van der Waals surface area contributed by atoms with Gasteiger partial charge in [-0.05, 0) is 149 Å². The van der Waals surface area contributed by atoms with Crippen molar-refractivity contribution in [1.82, 2.24) is 0 Å². The number of hydrogen-bond acceptors (Lipinski definition) is 19. The molecule has 0 fully saturated rings. The van der Waals surface area contributed by atoms with Crippen LogP contribution >= 0.6 is 0 Å². The van der Waals surface area contributed by atoms with Gasteiger partial charge in [-0.1, -0.05) is 68.8 Å². The zero-order valence-electron chi connectivity index (χ0n) is 51.8. The lowest BCUT2D eigenvalue weighted by atomic mass is 10.1. The predicted octanol–water partition coefficient (Wildman–Crippen LogP) is 15.4. The van der Waals surface area contributed by atoms with Crippen LogP contribution in [0.25, 0.3) is 22.9 Å². The number of ether oxygens (including phenoxy) is 11. The SMILES string of the molecule is C=C=C(C)OOCCCCOc1ccc(/C=C/C(=O)Oc2ccc3cc(OC(=O)/C=C/c4ccc(OCCCCOC=C)c(OCCCCOC=C)c4OCCCCOOC(C)=C=C)ccc3c2)c(OCCCCOC=C)c1OCCCCOOC(C)=C=C. The molecule has 0 saturated heterocycles. The van der Waals surface area contributed by atoms with Crippen LogP contribution in [0.15, 0.2) is 166 Å². The number of hydrogen-bond donors (Lipinski definition) is 0. The molecule has 0 unspecified atom stereocenters. The zero-order valence-corrected chi connectivity index (χ0v) is 51.8. The highest BCUT2D eigenvalue weighted by Gasteiger charge is 2.20. The number of rotatable bonds is 51. The van der Waals surface area contributed by atoms with Gasteiger partial charge in [-0.3, -0.25) is 0 Å². The molecule has 0 aliphatic rings. The Labute approximate surface area is 523 Å². The maximum atomic E-state index is 13.5. The molecule has 0 amide bonds. The summed E-state index contributed by atoms with van der Waals surface area (Å²) in [6.07, 6.45) is 18.0. The lowest BCUT2D eigenvalue weighted by Gasteiger charge is -2.19. The van der Waals surface area contributed by atoms with Gasteiger partial charge >= 0.3 is 11.9 Å². The molecule has 0 N–H and O–H groups in total. The summed E-state index contributed by atoms with van der Waals surface area (Å²) < 4.78 is 65.5. The summed E-state index contributed by atoms with van der Waals surface area (Å²) in [6, 6.07) is 17.4. The molecule has 4 aromatic rings. The fraction of sp³-hybridized carbons (Fsp3) is 0.386. The number of fused-ring (bicyclic) bond motifs is 1. The summed E-state index contributed by atoms with van der Waals surface area (Å²) in [5.41, 5.74) is 8.95. The lowest BCUT2D eigenvalue weighted by Crippen LogP contribution is -2.09. The van der Waals surface area contributed by atoms with E-state index in [1.54, 1.807) is 93.6 Å². The van der Waals surface area contributed by atoms with E-state index in [-0.39, 0.29) is 19.0 Å². The minimum absolute atomic E-state index is 0.285. The molecule has 0 bridgehead atoms. The molecule has 0 saturated carbocycles. The molecule has 0 atom stereocenters. The van der Waals surface area contributed by atoms with E-state index in [0.717, 1.165) is 30.0 Å². The Morgan fingerprint density at radius 1 is 0.382 bits per heavy atom. The molecule has 19 nitrogen and oxygen atoms in total. The standard InChI is InChI=1S/C70H86O19/c1-10-54(7)87-82-49-25-22-44-77-64-37-31-57(67(78-45-20-17-41-74-14-5)70(64)81-48-24-27-51-84-89-56(9)12-3)32-38-65(71)85-61-34-28-60-53-62(35-29-59(60)52-61)86-66(72)39-33-58-30-36-63(76-43-19-16-40-73-13-4)69(80-47-21-18-42-75-15-6)68(58)79-46-23-26-50-83-88-55(8)11-2/h13-15,28-39,52-53H,1-6,16-27,40-51H2,7-9H3/b38-32+,39-33+. The Balaban J connectivity index is 1.51. The molecule has 480 valence electrons. The van der Waals surface area contributed by atoms with Gasteiger partial charge in [0.15, 0.2) is 40.3 Å². The first kappa shape index (κ1) is 72.3. The minimum atomic E-state index is -0.646. The molecule has 4 rings (SSSR count). The molecule has 0 aromatic heterocycles. The molecule has 0 spiro atoms. The van der Waals surface area contributed by atoms with Gasteiger partial charge in [-0.15, -0.1) is 0 Å². The van der Waals surface area contributed by atoms with Crippen LogP contribution in [0.1, 0.15) is 109 Å². The van der Waals surface area contributed by atoms with Crippen molar-refractivity contribution in [3.8, 4) is 46.0 Å². The molecule has 89 heavy (non-hydrogen) atoms. The van der Waals surface area contributed by atoms with E-state index in [1.807, 2.05) is 0 Å². The molecule has 0 heterocycles. The summed E-state index contributed by atoms with van der Waals surface area (Å²) in [6.45, 7) is 30.9. The maximum absolute atomic E-state index is 13.5. The molecule has 0 aliphatic heterocycles. The van der Waals surface area contributed by atoms with Crippen molar-refractivity contribution >= 4 is 34.9 Å². The van der Waals surface area contributed by atoms with Gasteiger partial charge in [0.2, 0.25) is 11.5 Å². The van der Waals surface area contributed by atoms with E-state index < -0.39 is 11.9 Å². The van der Waals surface area contributed by atoms with Gasteiger partial charge in [0.05, 0.1) is 98.1 Å². The highest BCUT2D eigenvalue weighted by Crippen LogP contribution is 2.43. The topological polar surface area (TPSA) is 191 Å². The second kappa shape index (κ2) is 45.2. The van der Waals surface area contributed by atoms with Gasteiger partial charge in [0, 0.05) is 44.1 Å². The second-order valence-corrected chi connectivity index (χ2v) is 19.2. The fourth-order valence-corrected chi connectivity index (χ4v) is 7.57. The average molecular weight is 1230 g/mol. The van der Waals surface area contributed by atoms with Crippen LogP contribution in [-0.2, 0) is 53.1 Å². The van der Waals surface area contributed by atoms with Crippen LogP contribution in [0.3, 0.4) is 0 Å². The van der Waals surface area contributed by atoms with Crippen molar-refractivity contribution in [3.63, 3.8) is 0 Å². The van der Waals surface area contributed by atoms with E-state index in [0.29, 0.717) is 193 Å². The molecule has 19 heteroatoms. The number of benzene rings is 4. The zero-order chi connectivity index (χ0) is 63.9. The van der Waals surface area contributed by atoms with E-state index in [2.05, 4.69) is 56.7 Å². The summed E-state index contributed by atoms with van der Waals surface area (Å²) in [5.74, 6) is 3.05. The Hall–Kier alpha value is -9.18. The van der Waals surface area contributed by atoms with Gasteiger partial charge in [-0.2, -0.15) is 14.7 Å². The summed E-state index contributed by atoms with van der Waals surface area (Å²) in [7, 11) is 0. The third kappa shape index (κ3) is 29.9. The number of carbonyl (C=O) groups excluding carboxylic acids is 2. The molecule has 0 aliphatic carbocycles. The molecule has 4 aromatic carbocycles. The first-order chi connectivity index (χ1) is 43.5. The Bertz CT molecular complexity index is 3030. The van der Waals surface area contributed by atoms with Gasteiger partial charge in [0.1, 0.15) is 11.5 Å².